The summed E-state index contributed by atoms with van der Waals surface area (Å²) >= 11 is 0. The smallest absolute Gasteiger partial charge is 0.225 e. The molecule has 0 amide bonds. The van der Waals surface area contributed by atoms with Gasteiger partial charge in [-0.25, -0.2) is 4.98 Å². The van der Waals surface area contributed by atoms with Crippen molar-refractivity contribution in [3.8, 4) is 28.4 Å². The average Bonchev–Trinajstić information content (AvgIpc) is 3.76. The van der Waals surface area contributed by atoms with E-state index in [4.69, 9.17) is 9.72 Å². The highest BCUT2D eigenvalue weighted by Crippen LogP contribution is 2.76. The molecule has 0 saturated carbocycles. The van der Waals surface area contributed by atoms with E-state index in [0.717, 1.165) is 33.9 Å². The highest BCUT2D eigenvalue weighted by Gasteiger charge is 2.78. The number of hydrogen-bond acceptors (Lipinski definition) is 2. The molecule has 0 N–H and O–H groups in total. The number of aryl methyl sites for hydroxylation is 2. The quantitative estimate of drug-likeness (QED) is 0.0867. The number of benzene rings is 6. The van der Waals surface area contributed by atoms with Gasteiger partial charge in [0.05, 0.1) is 11.0 Å². The van der Waals surface area contributed by atoms with Crippen LogP contribution in [0.2, 0.25) is 0 Å². The van der Waals surface area contributed by atoms with Crippen molar-refractivity contribution < 1.29 is 4.74 Å². The average molecular weight is 830 g/mol. The Balaban J connectivity index is 1.16. The van der Waals surface area contributed by atoms with Crippen molar-refractivity contribution in [3.63, 3.8) is 0 Å². The van der Waals surface area contributed by atoms with Crippen LogP contribution in [0.25, 0.3) is 38.8 Å². The number of fused-ring (bicyclic) bond motifs is 7. The van der Waals surface area contributed by atoms with E-state index >= 15 is 0 Å². The minimum atomic E-state index is -0.0381. The number of hydrogen-bond donors (Lipinski definition) is 0. The predicted molar refractivity (Wildman–Crippen MR) is 265 cm³/mol. The van der Waals surface area contributed by atoms with Crippen LogP contribution in [0.1, 0.15) is 103 Å². The Morgan fingerprint density at radius 3 is 1.98 bits per heavy atom. The lowest BCUT2D eigenvalue weighted by Gasteiger charge is -2.42. The molecule has 1 saturated heterocycles. The van der Waals surface area contributed by atoms with E-state index in [-0.39, 0.29) is 16.2 Å². The van der Waals surface area contributed by atoms with Gasteiger partial charge in [-0.1, -0.05) is 124 Å². The number of rotatable bonds is 8. The first kappa shape index (κ1) is 41.0. The van der Waals surface area contributed by atoms with Crippen LogP contribution in [-0.4, -0.2) is 9.55 Å². The zero-order valence-corrected chi connectivity index (χ0v) is 39.1. The molecular formula is C58H61N4O+. The summed E-state index contributed by atoms with van der Waals surface area (Å²) < 4.78 is 10.7. The third-order valence-corrected chi connectivity index (χ3v) is 14.8. The van der Waals surface area contributed by atoms with Crippen LogP contribution in [0.4, 0.5) is 22.7 Å². The Bertz CT molecular complexity index is 3140. The Labute approximate surface area is 374 Å². The molecule has 0 radical (unpaired) electrons. The number of pyridine rings is 1. The van der Waals surface area contributed by atoms with E-state index in [9.17, 15) is 0 Å². The first-order valence-electron chi connectivity index (χ1n) is 22.7. The summed E-state index contributed by atoms with van der Waals surface area (Å²) in [4.78, 5) is 4.94. The molecule has 2 aliphatic rings. The van der Waals surface area contributed by atoms with Crippen LogP contribution in [0.15, 0.2) is 140 Å². The Kier molecular flexibility index (Phi) is 9.11. The SMILES string of the molecule is Cc1cc2c(cc1C)[N@@+]1(c3cccc(C(C)(C)C(C)(C)C)c3)[CH-][N+]21c1cc(Oc2ccc3c4ccccc4n(-c4cc(C(C)(C)C)ccn4)c3c2)cc(-c2ccccc2C(C)C)c1. The molecule has 10 rings (SSSR count). The number of para-hydroxylation sites is 1. The fraction of sp³-hybridized carbons (Fsp3) is 0.276. The molecule has 2 aliphatic heterocycles. The van der Waals surface area contributed by atoms with Gasteiger partial charge in [-0.2, -0.15) is 9.18 Å². The Hall–Kier alpha value is -6.01. The standard InChI is InChI=1S/C58H61N4O/c1-37(2)47-20-13-14-21-48(47)40-30-44(62-36-61(62,53-28-38(3)39(4)29-54(53)62)43-19-17-18-42(32-43)58(11,12)57(8,9)10)34-46(31-40)63-45-24-25-50-49-22-15-16-23-51(49)60(52(50)35-45)55-33-41(26-27-59-55)56(5,6)7/h13-37H,1-12H3/q+1/t61-,62?/m0/s1. The largest absolute Gasteiger partial charge is 0.457 e. The highest BCUT2D eigenvalue weighted by molar-refractivity contribution is 6.09. The number of aromatic nitrogens is 2. The van der Waals surface area contributed by atoms with Gasteiger partial charge in [0.2, 0.25) is 11.4 Å². The van der Waals surface area contributed by atoms with Crippen LogP contribution >= 0.6 is 0 Å². The molecular weight excluding hydrogens is 769 g/mol. The van der Waals surface area contributed by atoms with E-state index in [1.54, 1.807) is 0 Å². The maximum Gasteiger partial charge on any atom is 0.225 e. The van der Waals surface area contributed by atoms with E-state index in [1.165, 1.54) is 66.9 Å². The molecule has 5 heteroatoms. The zero-order valence-electron chi connectivity index (χ0n) is 39.1. The van der Waals surface area contributed by atoms with Gasteiger partial charge in [0.25, 0.3) is 0 Å². The minimum Gasteiger partial charge on any atom is -0.457 e. The normalized spacial score (nSPS) is 18.4. The van der Waals surface area contributed by atoms with Gasteiger partial charge >= 0.3 is 0 Å². The summed E-state index contributed by atoms with van der Waals surface area (Å²) in [7, 11) is 0. The number of nitrogens with zero attached hydrogens (tertiary/aromatic N) is 4. The summed E-state index contributed by atoms with van der Waals surface area (Å²) in [6.45, 7) is 30.1. The summed E-state index contributed by atoms with van der Waals surface area (Å²) in [6.07, 6.45) is 1.94. The predicted octanol–water partition coefficient (Wildman–Crippen LogP) is 16.3. The number of ether oxygens (including phenoxy) is 1. The molecule has 0 spiro atoms. The lowest BCUT2D eigenvalue weighted by atomic mass is 9.65. The maximum atomic E-state index is 7.14. The van der Waals surface area contributed by atoms with Crippen molar-refractivity contribution in [3.05, 3.63) is 174 Å². The van der Waals surface area contributed by atoms with Gasteiger partial charge in [0.1, 0.15) is 17.3 Å². The van der Waals surface area contributed by atoms with E-state index in [0.29, 0.717) is 15.1 Å². The van der Waals surface area contributed by atoms with Crippen molar-refractivity contribution in [2.24, 2.45) is 5.41 Å². The lowest BCUT2D eigenvalue weighted by Crippen LogP contribution is -2.47. The topological polar surface area (TPSA) is 27.1 Å². The van der Waals surface area contributed by atoms with Crippen molar-refractivity contribution in [1.82, 2.24) is 18.7 Å². The molecule has 6 aromatic carbocycles. The van der Waals surface area contributed by atoms with Gasteiger partial charge in [-0.3, -0.25) is 4.57 Å². The molecule has 2 aromatic heterocycles. The van der Waals surface area contributed by atoms with Crippen molar-refractivity contribution >= 4 is 44.6 Å². The maximum absolute atomic E-state index is 7.14. The fourth-order valence-corrected chi connectivity index (χ4v) is 9.95. The minimum absolute atomic E-state index is 0.0147. The second-order valence-corrected chi connectivity index (χ2v) is 21.1. The molecule has 0 bridgehead atoms. The molecule has 63 heavy (non-hydrogen) atoms. The molecule has 1 fully saturated rings. The highest BCUT2D eigenvalue weighted by atomic mass is 16.5. The first-order valence-corrected chi connectivity index (χ1v) is 22.7. The molecule has 0 aliphatic carbocycles. The molecule has 318 valence electrons. The third kappa shape index (κ3) is 6.14. The fourth-order valence-electron chi connectivity index (χ4n) is 9.95. The molecule has 2 atom stereocenters. The lowest BCUT2D eigenvalue weighted by molar-refractivity contribution is 0.225. The van der Waals surface area contributed by atoms with E-state index in [2.05, 4.69) is 228 Å². The van der Waals surface area contributed by atoms with Gasteiger partial charge < -0.3 is 4.74 Å². The van der Waals surface area contributed by atoms with Crippen LogP contribution < -0.4 is 13.9 Å². The van der Waals surface area contributed by atoms with Gasteiger partial charge in [0.15, 0.2) is 18.0 Å². The first-order chi connectivity index (χ1) is 29.8. The second-order valence-electron chi connectivity index (χ2n) is 21.1. The monoisotopic (exact) mass is 829 g/mol. The third-order valence-electron chi connectivity index (χ3n) is 14.8. The van der Waals surface area contributed by atoms with Gasteiger partial charge in [-0.15, -0.1) is 0 Å². The second kappa shape index (κ2) is 14.0. The van der Waals surface area contributed by atoms with Crippen molar-refractivity contribution in [2.75, 3.05) is 0 Å². The molecule has 5 nitrogen and oxygen atoms in total. The summed E-state index contributed by atoms with van der Waals surface area (Å²) in [5.41, 5.74) is 16.2. The van der Waals surface area contributed by atoms with E-state index in [1.807, 2.05) is 6.20 Å². The van der Waals surface area contributed by atoms with Crippen LogP contribution in [0.5, 0.6) is 11.5 Å². The summed E-state index contributed by atoms with van der Waals surface area (Å²) in [6, 6.07) is 49.5. The Morgan fingerprint density at radius 2 is 1.27 bits per heavy atom. The van der Waals surface area contributed by atoms with E-state index < -0.39 is 0 Å². The van der Waals surface area contributed by atoms with Crippen molar-refractivity contribution in [1.29, 1.82) is 0 Å². The molecule has 4 heterocycles. The summed E-state index contributed by atoms with van der Waals surface area (Å²) in [5.74, 6) is 2.84. The van der Waals surface area contributed by atoms with Crippen LogP contribution in [0.3, 0.4) is 0 Å². The van der Waals surface area contributed by atoms with Crippen molar-refractivity contribution in [2.45, 2.75) is 99.8 Å². The molecule has 8 aromatic rings. The number of quaternary nitrogens is 2. The van der Waals surface area contributed by atoms with Crippen LogP contribution in [-0.2, 0) is 10.8 Å². The molecule has 1 unspecified atom stereocenters. The summed E-state index contributed by atoms with van der Waals surface area (Å²) in [5, 5.41) is 2.36. The zero-order chi connectivity index (χ0) is 44.4. The van der Waals surface area contributed by atoms with Crippen LogP contribution in [0, 0.1) is 25.9 Å². The van der Waals surface area contributed by atoms with Gasteiger partial charge in [0, 0.05) is 59.4 Å². The Morgan fingerprint density at radius 1 is 0.587 bits per heavy atom. The van der Waals surface area contributed by atoms with Gasteiger partial charge in [-0.05, 0) is 111 Å².